The zero-order chi connectivity index (χ0) is 11.5. The van der Waals surface area contributed by atoms with Crippen molar-refractivity contribution in [2.45, 2.75) is 4.90 Å². The smallest absolute Gasteiger partial charge is 0.325 e. The summed E-state index contributed by atoms with van der Waals surface area (Å²) in [7, 11) is -4.22. The molecular weight excluding hydrogens is 222 g/mol. The Labute approximate surface area is 86.4 Å². The zero-order valence-corrected chi connectivity index (χ0v) is 8.40. The molecule has 6 nitrogen and oxygen atoms in total. The molecule has 0 aliphatic heterocycles. The topological polar surface area (TPSA) is 107 Å². The van der Waals surface area contributed by atoms with E-state index in [4.69, 9.17) is 15.0 Å². The number of benzene rings is 1. The summed E-state index contributed by atoms with van der Waals surface area (Å²) in [5, 5.41) is 0. The molecule has 0 unspecified atom stereocenters. The molecule has 0 radical (unpaired) electrons. The van der Waals surface area contributed by atoms with Crippen molar-refractivity contribution in [3.05, 3.63) is 24.3 Å². The quantitative estimate of drug-likeness (QED) is 0.423. The molecule has 0 saturated carbocycles. The van der Waals surface area contributed by atoms with Gasteiger partial charge in [0.1, 0.15) is 5.75 Å². The van der Waals surface area contributed by atoms with Gasteiger partial charge < -0.3 is 10.5 Å². The Hall–Kier alpha value is -1.44. The van der Waals surface area contributed by atoms with Crippen LogP contribution in [-0.4, -0.2) is 25.5 Å². The summed E-state index contributed by atoms with van der Waals surface area (Å²) in [6.07, 6.45) is 0. The van der Waals surface area contributed by atoms with E-state index >= 15 is 0 Å². The standard InChI is InChI=1S/C8H9NO5S/c9-5-8(10)14-6-1-3-7(4-2-6)15(11,12)13/h1-4H,5,9H2,(H,11,12,13). The van der Waals surface area contributed by atoms with Gasteiger partial charge in [-0.15, -0.1) is 0 Å². The van der Waals surface area contributed by atoms with Gasteiger partial charge >= 0.3 is 5.97 Å². The van der Waals surface area contributed by atoms with Gasteiger partial charge in [0.05, 0.1) is 11.4 Å². The third kappa shape index (κ3) is 3.31. The molecule has 1 rings (SSSR count). The van der Waals surface area contributed by atoms with Crippen molar-refractivity contribution < 1.29 is 22.5 Å². The predicted octanol–water partition coefficient (Wildman–Crippen LogP) is -0.203. The van der Waals surface area contributed by atoms with Gasteiger partial charge in [0.2, 0.25) is 0 Å². The molecule has 0 aromatic heterocycles. The summed E-state index contributed by atoms with van der Waals surface area (Å²) in [6, 6.07) is 4.73. The maximum atomic E-state index is 10.7. The number of esters is 1. The van der Waals surface area contributed by atoms with E-state index in [1.807, 2.05) is 0 Å². The van der Waals surface area contributed by atoms with E-state index in [2.05, 4.69) is 0 Å². The second-order valence-electron chi connectivity index (χ2n) is 2.62. The van der Waals surface area contributed by atoms with E-state index in [0.29, 0.717) is 0 Å². The number of rotatable bonds is 3. The van der Waals surface area contributed by atoms with Crippen molar-refractivity contribution in [1.82, 2.24) is 0 Å². The third-order valence-electron chi connectivity index (χ3n) is 1.52. The maximum absolute atomic E-state index is 10.7. The molecule has 0 aliphatic rings. The van der Waals surface area contributed by atoms with Crippen LogP contribution in [0.2, 0.25) is 0 Å². The molecular formula is C8H9NO5S. The van der Waals surface area contributed by atoms with E-state index in [0.717, 1.165) is 12.1 Å². The lowest BCUT2D eigenvalue weighted by atomic mass is 10.3. The van der Waals surface area contributed by atoms with Crippen molar-refractivity contribution >= 4 is 16.1 Å². The summed E-state index contributed by atoms with van der Waals surface area (Å²) in [4.78, 5) is 10.5. The summed E-state index contributed by atoms with van der Waals surface area (Å²) >= 11 is 0. The lowest BCUT2D eigenvalue weighted by molar-refractivity contribution is -0.132. The molecule has 7 heteroatoms. The fraction of sp³-hybridized carbons (Fsp3) is 0.125. The lowest BCUT2D eigenvalue weighted by Gasteiger charge is -2.02. The van der Waals surface area contributed by atoms with Gasteiger partial charge in [-0.1, -0.05) is 0 Å². The average Bonchev–Trinajstić information content (AvgIpc) is 2.17. The van der Waals surface area contributed by atoms with Gasteiger partial charge in [0.25, 0.3) is 10.1 Å². The Kier molecular flexibility index (Phi) is 3.40. The van der Waals surface area contributed by atoms with Crippen molar-refractivity contribution in [3.63, 3.8) is 0 Å². The molecule has 0 aliphatic carbocycles. The SMILES string of the molecule is NCC(=O)Oc1ccc(S(=O)(=O)O)cc1. The molecule has 0 heterocycles. The fourth-order valence-corrected chi connectivity index (χ4v) is 1.33. The van der Waals surface area contributed by atoms with E-state index in [9.17, 15) is 13.2 Å². The maximum Gasteiger partial charge on any atom is 0.325 e. The van der Waals surface area contributed by atoms with Crippen LogP contribution in [0, 0.1) is 0 Å². The molecule has 0 spiro atoms. The highest BCUT2D eigenvalue weighted by Crippen LogP contribution is 2.15. The molecule has 15 heavy (non-hydrogen) atoms. The number of nitrogens with two attached hydrogens (primary N) is 1. The van der Waals surface area contributed by atoms with Crippen molar-refractivity contribution in [3.8, 4) is 5.75 Å². The first-order valence-electron chi connectivity index (χ1n) is 3.92. The minimum Gasteiger partial charge on any atom is -0.426 e. The zero-order valence-electron chi connectivity index (χ0n) is 7.58. The number of carbonyl (C=O) groups is 1. The van der Waals surface area contributed by atoms with Gasteiger partial charge in [-0.25, -0.2) is 0 Å². The summed E-state index contributed by atoms with van der Waals surface area (Å²) in [5.74, 6) is -0.465. The minimum absolute atomic E-state index is 0.165. The van der Waals surface area contributed by atoms with Gasteiger partial charge in [-0.3, -0.25) is 9.35 Å². The molecule has 1 aromatic carbocycles. The summed E-state index contributed by atoms with van der Waals surface area (Å²) < 4.78 is 34.6. The van der Waals surface area contributed by atoms with Gasteiger partial charge in [-0.2, -0.15) is 8.42 Å². The molecule has 3 N–H and O–H groups in total. The van der Waals surface area contributed by atoms with Crippen molar-refractivity contribution in [2.75, 3.05) is 6.54 Å². The molecule has 0 fully saturated rings. The molecule has 1 aromatic rings. The van der Waals surface area contributed by atoms with Gasteiger partial charge in [0, 0.05) is 0 Å². The van der Waals surface area contributed by atoms with Crippen LogP contribution in [0.1, 0.15) is 0 Å². The highest BCUT2D eigenvalue weighted by atomic mass is 32.2. The average molecular weight is 231 g/mol. The number of hydrogen-bond donors (Lipinski definition) is 2. The highest BCUT2D eigenvalue weighted by Gasteiger charge is 2.09. The van der Waals surface area contributed by atoms with E-state index in [1.54, 1.807) is 0 Å². The first kappa shape index (κ1) is 11.6. The molecule has 0 bridgehead atoms. The first-order valence-corrected chi connectivity index (χ1v) is 5.36. The van der Waals surface area contributed by atoms with E-state index in [-0.39, 0.29) is 17.2 Å². The molecule has 82 valence electrons. The van der Waals surface area contributed by atoms with Crippen LogP contribution in [0.4, 0.5) is 0 Å². The summed E-state index contributed by atoms with van der Waals surface area (Å²) in [5.41, 5.74) is 5.01. The first-order chi connectivity index (χ1) is 6.93. The monoisotopic (exact) mass is 231 g/mol. The predicted molar refractivity (Wildman–Crippen MR) is 50.9 cm³/mol. The number of ether oxygens (including phenoxy) is 1. The van der Waals surface area contributed by atoms with Gasteiger partial charge in [-0.05, 0) is 24.3 Å². The van der Waals surface area contributed by atoms with Crippen LogP contribution in [0.5, 0.6) is 5.75 Å². The molecule has 0 atom stereocenters. The summed E-state index contributed by atoms with van der Waals surface area (Å²) in [6.45, 7) is -0.264. The largest absolute Gasteiger partial charge is 0.426 e. The van der Waals surface area contributed by atoms with Crippen LogP contribution in [-0.2, 0) is 14.9 Å². The fourth-order valence-electron chi connectivity index (χ4n) is 0.853. The number of hydrogen-bond acceptors (Lipinski definition) is 5. The second-order valence-corrected chi connectivity index (χ2v) is 4.05. The number of carbonyl (C=O) groups excluding carboxylic acids is 1. The second kappa shape index (κ2) is 4.39. The van der Waals surface area contributed by atoms with Crippen LogP contribution in [0.3, 0.4) is 0 Å². The highest BCUT2D eigenvalue weighted by molar-refractivity contribution is 7.85. The van der Waals surface area contributed by atoms with Crippen molar-refractivity contribution in [1.29, 1.82) is 0 Å². The van der Waals surface area contributed by atoms with Crippen molar-refractivity contribution in [2.24, 2.45) is 5.73 Å². The van der Waals surface area contributed by atoms with E-state index < -0.39 is 16.1 Å². The Morgan fingerprint density at radius 1 is 1.33 bits per heavy atom. The van der Waals surface area contributed by atoms with Crippen LogP contribution < -0.4 is 10.5 Å². The molecule has 0 amide bonds. The third-order valence-corrected chi connectivity index (χ3v) is 2.39. The van der Waals surface area contributed by atoms with E-state index in [1.165, 1.54) is 12.1 Å². The lowest BCUT2D eigenvalue weighted by Crippen LogP contribution is -2.19. The Morgan fingerprint density at radius 3 is 2.27 bits per heavy atom. The van der Waals surface area contributed by atoms with Crippen LogP contribution >= 0.6 is 0 Å². The Morgan fingerprint density at radius 2 is 1.87 bits per heavy atom. The van der Waals surface area contributed by atoms with Crippen LogP contribution in [0.15, 0.2) is 29.2 Å². The van der Waals surface area contributed by atoms with Gasteiger partial charge in [0.15, 0.2) is 0 Å². The minimum atomic E-state index is -4.22. The normalized spacial score (nSPS) is 11.1. The Balaban J connectivity index is 2.86. The van der Waals surface area contributed by atoms with Crippen LogP contribution in [0.25, 0.3) is 0 Å². The molecule has 0 saturated heterocycles. The Bertz CT molecular complexity index is 450.